The molecule has 0 heterocycles. The van der Waals surface area contributed by atoms with Gasteiger partial charge in [-0.1, -0.05) is 0 Å². The van der Waals surface area contributed by atoms with Crippen molar-refractivity contribution in [1.29, 1.82) is 0 Å². The summed E-state index contributed by atoms with van der Waals surface area (Å²) in [7, 11) is -4.67. The highest BCUT2D eigenvalue weighted by molar-refractivity contribution is 7.87. The first-order chi connectivity index (χ1) is 5.38. The highest BCUT2D eigenvalue weighted by atomic mass is 32.2. The quantitative estimate of drug-likeness (QED) is 0.559. The minimum Gasteiger partial charge on any atom is -0.367 e. The van der Waals surface area contributed by atoms with Gasteiger partial charge in [0.25, 0.3) is 0 Å². The van der Waals surface area contributed by atoms with Crippen LogP contribution in [0.2, 0.25) is 0 Å². The zero-order valence-electron chi connectivity index (χ0n) is 6.36. The highest BCUT2D eigenvalue weighted by Crippen LogP contribution is 2.28. The zero-order valence-corrected chi connectivity index (χ0v) is 7.17. The van der Waals surface area contributed by atoms with Crippen molar-refractivity contribution < 1.29 is 22.9 Å². The predicted molar refractivity (Wildman–Crippen MR) is 40.0 cm³/mol. The zero-order chi connectivity index (χ0) is 9.41. The van der Waals surface area contributed by atoms with Gasteiger partial charge in [-0.25, -0.2) is 0 Å². The first-order valence-electron chi connectivity index (χ1n) is 3.60. The van der Waals surface area contributed by atoms with E-state index in [1.165, 1.54) is 0 Å². The molecular formula is C6H10O5S. The van der Waals surface area contributed by atoms with Gasteiger partial charge in [0.2, 0.25) is 4.93 Å². The van der Waals surface area contributed by atoms with Gasteiger partial charge in [-0.3, -0.25) is 9.35 Å². The topological polar surface area (TPSA) is 91.7 Å². The molecule has 0 saturated heterocycles. The van der Waals surface area contributed by atoms with Crippen LogP contribution in [0.1, 0.15) is 25.7 Å². The number of carbonyl (C=O) groups excluding carboxylic acids is 1. The van der Waals surface area contributed by atoms with Crippen LogP contribution in [0.4, 0.5) is 0 Å². The third-order valence-corrected chi connectivity index (χ3v) is 3.32. The molecule has 1 saturated carbocycles. The van der Waals surface area contributed by atoms with Crippen molar-refractivity contribution >= 4 is 15.9 Å². The standard InChI is InChI=1S/C6H10O5S/c7-5-3-1-2-4-6(5,8)12(9,10)11/h8H,1-4H2,(H,9,10,11). The Hall–Kier alpha value is -0.460. The van der Waals surface area contributed by atoms with Crippen LogP contribution in [0.5, 0.6) is 0 Å². The number of hydrogen-bond acceptors (Lipinski definition) is 4. The molecule has 5 nitrogen and oxygen atoms in total. The van der Waals surface area contributed by atoms with Gasteiger partial charge < -0.3 is 5.11 Å². The Balaban J connectivity index is 3.04. The van der Waals surface area contributed by atoms with E-state index in [9.17, 15) is 18.3 Å². The number of Topliss-reactive ketones (excluding diaryl/α,β-unsaturated/α-hetero) is 1. The van der Waals surface area contributed by atoms with Crippen LogP contribution in [0.25, 0.3) is 0 Å². The summed E-state index contributed by atoms with van der Waals surface area (Å²) in [6, 6.07) is 0. The summed E-state index contributed by atoms with van der Waals surface area (Å²) in [5.41, 5.74) is 0. The third kappa shape index (κ3) is 1.37. The van der Waals surface area contributed by atoms with Gasteiger partial charge in [-0.05, 0) is 12.8 Å². The van der Waals surface area contributed by atoms with Crippen LogP contribution in [0, 0.1) is 0 Å². The van der Waals surface area contributed by atoms with Crippen LogP contribution >= 0.6 is 0 Å². The number of carbonyl (C=O) groups is 1. The van der Waals surface area contributed by atoms with Crippen LogP contribution in [0.15, 0.2) is 0 Å². The van der Waals surface area contributed by atoms with Crippen molar-refractivity contribution in [1.82, 2.24) is 0 Å². The summed E-state index contributed by atoms with van der Waals surface area (Å²) in [5.74, 6) is -0.809. The SMILES string of the molecule is O=C1CCCCC1(O)S(=O)(=O)O. The average molecular weight is 194 g/mol. The van der Waals surface area contributed by atoms with Gasteiger partial charge >= 0.3 is 10.1 Å². The molecule has 0 radical (unpaired) electrons. The molecule has 1 rings (SSSR count). The fraction of sp³-hybridized carbons (Fsp3) is 0.833. The summed E-state index contributed by atoms with van der Waals surface area (Å²) in [4.78, 5) is 8.44. The van der Waals surface area contributed by atoms with Gasteiger partial charge in [0.1, 0.15) is 0 Å². The second-order valence-corrected chi connectivity index (χ2v) is 4.52. The first-order valence-corrected chi connectivity index (χ1v) is 5.04. The van der Waals surface area contributed by atoms with E-state index < -0.39 is 20.8 Å². The third-order valence-electron chi connectivity index (χ3n) is 2.03. The molecule has 0 aromatic rings. The van der Waals surface area contributed by atoms with Crippen LogP contribution in [-0.2, 0) is 14.9 Å². The maximum atomic E-state index is 11.0. The number of aliphatic hydroxyl groups is 1. The van der Waals surface area contributed by atoms with E-state index in [0.717, 1.165) is 0 Å². The Kier molecular flexibility index (Phi) is 2.24. The second kappa shape index (κ2) is 2.79. The van der Waals surface area contributed by atoms with E-state index in [0.29, 0.717) is 12.8 Å². The number of ketones is 1. The molecule has 2 N–H and O–H groups in total. The van der Waals surface area contributed by atoms with Gasteiger partial charge in [0.05, 0.1) is 0 Å². The normalized spacial score (nSPS) is 32.0. The molecule has 1 aliphatic carbocycles. The Morgan fingerprint density at radius 3 is 2.25 bits per heavy atom. The molecular weight excluding hydrogens is 184 g/mol. The molecule has 12 heavy (non-hydrogen) atoms. The molecule has 0 spiro atoms. The smallest absolute Gasteiger partial charge is 0.302 e. The minimum atomic E-state index is -4.67. The lowest BCUT2D eigenvalue weighted by molar-refractivity contribution is -0.133. The molecule has 1 fully saturated rings. The first kappa shape index (κ1) is 9.63. The van der Waals surface area contributed by atoms with E-state index in [2.05, 4.69) is 0 Å². The van der Waals surface area contributed by atoms with E-state index in [4.69, 9.17) is 4.55 Å². The molecule has 0 aromatic heterocycles. The predicted octanol–water partition coefficient (Wildman–Crippen LogP) is -0.294. The fourth-order valence-corrected chi connectivity index (χ4v) is 2.05. The minimum absolute atomic E-state index is 0.0102. The Morgan fingerprint density at radius 1 is 1.33 bits per heavy atom. The van der Waals surface area contributed by atoms with Gasteiger partial charge in [-0.2, -0.15) is 8.42 Å². The second-order valence-electron chi connectivity index (χ2n) is 2.89. The summed E-state index contributed by atoms with van der Waals surface area (Å²) >= 11 is 0. The molecule has 1 atom stereocenters. The van der Waals surface area contributed by atoms with Crippen LogP contribution < -0.4 is 0 Å². The van der Waals surface area contributed by atoms with Crippen molar-refractivity contribution in [2.75, 3.05) is 0 Å². The largest absolute Gasteiger partial charge is 0.367 e. The Labute approximate surface area is 70.1 Å². The molecule has 70 valence electrons. The lowest BCUT2D eigenvalue weighted by Crippen LogP contribution is -2.48. The maximum Gasteiger partial charge on any atom is 0.302 e. The lowest BCUT2D eigenvalue weighted by Gasteiger charge is -2.26. The van der Waals surface area contributed by atoms with Gasteiger partial charge in [-0.15, -0.1) is 0 Å². The van der Waals surface area contributed by atoms with Gasteiger partial charge in [0.15, 0.2) is 5.78 Å². The molecule has 0 aliphatic heterocycles. The maximum absolute atomic E-state index is 11.0. The Morgan fingerprint density at radius 2 is 1.92 bits per heavy atom. The fourth-order valence-electron chi connectivity index (χ4n) is 1.26. The summed E-state index contributed by atoms with van der Waals surface area (Å²) in [5, 5.41) is 9.29. The molecule has 6 heteroatoms. The van der Waals surface area contributed by atoms with E-state index in [1.54, 1.807) is 0 Å². The van der Waals surface area contributed by atoms with Crippen molar-refractivity contribution in [2.45, 2.75) is 30.6 Å². The summed E-state index contributed by atoms with van der Waals surface area (Å²) in [6.45, 7) is 0. The van der Waals surface area contributed by atoms with Crippen molar-refractivity contribution in [2.24, 2.45) is 0 Å². The molecule has 1 aliphatic rings. The van der Waals surface area contributed by atoms with Crippen LogP contribution in [-0.4, -0.2) is 28.8 Å². The Bertz CT molecular complexity index is 293. The molecule has 1 unspecified atom stereocenters. The van der Waals surface area contributed by atoms with E-state index in [-0.39, 0.29) is 12.8 Å². The number of hydrogen-bond donors (Lipinski definition) is 2. The average Bonchev–Trinajstić information content (AvgIpc) is 1.93. The lowest BCUT2D eigenvalue weighted by atomic mass is 9.96. The van der Waals surface area contributed by atoms with E-state index >= 15 is 0 Å². The summed E-state index contributed by atoms with van der Waals surface area (Å²) < 4.78 is 29.8. The number of rotatable bonds is 1. The van der Waals surface area contributed by atoms with E-state index in [1.807, 2.05) is 0 Å². The van der Waals surface area contributed by atoms with Gasteiger partial charge in [0, 0.05) is 12.8 Å². The van der Waals surface area contributed by atoms with Crippen LogP contribution in [0.3, 0.4) is 0 Å². The molecule has 0 amide bonds. The highest BCUT2D eigenvalue weighted by Gasteiger charge is 2.48. The summed E-state index contributed by atoms with van der Waals surface area (Å²) in [6.07, 6.45) is 0.805. The van der Waals surface area contributed by atoms with Crippen molar-refractivity contribution in [3.8, 4) is 0 Å². The molecule has 0 bridgehead atoms. The molecule has 0 aromatic carbocycles. The van der Waals surface area contributed by atoms with Crippen molar-refractivity contribution in [3.63, 3.8) is 0 Å². The monoisotopic (exact) mass is 194 g/mol. The van der Waals surface area contributed by atoms with Crippen molar-refractivity contribution in [3.05, 3.63) is 0 Å².